The zero-order chi connectivity index (χ0) is 16.9. The lowest BCUT2D eigenvalue weighted by molar-refractivity contribution is -0.121. The van der Waals surface area contributed by atoms with Crippen LogP contribution in [-0.2, 0) is 24.2 Å². The summed E-state index contributed by atoms with van der Waals surface area (Å²) in [6.45, 7) is 0.913. The predicted octanol–water partition coefficient (Wildman–Crippen LogP) is 1.96. The maximum absolute atomic E-state index is 12.2. The number of aryl methyl sites for hydroxylation is 2. The minimum Gasteiger partial charge on any atom is -0.493 e. The quantitative estimate of drug-likeness (QED) is 0.880. The average molecular weight is 329 g/mol. The van der Waals surface area contributed by atoms with Crippen LogP contribution in [0.4, 0.5) is 0 Å². The number of nitrogens with zero attached hydrogens (tertiary/aromatic N) is 2. The zero-order valence-electron chi connectivity index (χ0n) is 14.1. The van der Waals surface area contributed by atoms with E-state index in [1.807, 2.05) is 30.7 Å². The predicted molar refractivity (Wildman–Crippen MR) is 90.3 cm³/mol. The fraction of sp³-hybridized carbons (Fsp3) is 0.444. The Morgan fingerprint density at radius 2 is 2.17 bits per heavy atom. The first-order chi connectivity index (χ1) is 11.7. The van der Waals surface area contributed by atoms with Gasteiger partial charge in [-0.05, 0) is 30.5 Å². The number of benzene rings is 1. The van der Waals surface area contributed by atoms with Crippen molar-refractivity contribution in [2.45, 2.75) is 38.3 Å². The van der Waals surface area contributed by atoms with Crippen molar-refractivity contribution in [2.75, 3.05) is 14.2 Å². The van der Waals surface area contributed by atoms with Crippen LogP contribution in [0, 0.1) is 0 Å². The van der Waals surface area contributed by atoms with E-state index in [1.54, 1.807) is 14.2 Å². The highest BCUT2D eigenvalue weighted by Gasteiger charge is 2.20. The van der Waals surface area contributed by atoms with E-state index in [2.05, 4.69) is 14.9 Å². The summed E-state index contributed by atoms with van der Waals surface area (Å²) in [5.41, 5.74) is 2.25. The van der Waals surface area contributed by atoms with E-state index >= 15 is 0 Å². The molecule has 1 atom stereocenters. The van der Waals surface area contributed by atoms with Gasteiger partial charge in [0, 0.05) is 37.3 Å². The van der Waals surface area contributed by atoms with Crippen molar-refractivity contribution in [2.24, 2.45) is 0 Å². The molecule has 24 heavy (non-hydrogen) atoms. The number of methoxy groups -OCH3 is 2. The maximum Gasteiger partial charge on any atom is 0.220 e. The minimum atomic E-state index is 0.0859. The molecule has 0 saturated carbocycles. The molecule has 1 aliphatic rings. The van der Waals surface area contributed by atoms with Crippen LogP contribution >= 0.6 is 0 Å². The van der Waals surface area contributed by atoms with Gasteiger partial charge in [0.2, 0.25) is 5.91 Å². The van der Waals surface area contributed by atoms with Crippen LogP contribution in [0.2, 0.25) is 0 Å². The molecular formula is C18H23N3O3. The van der Waals surface area contributed by atoms with Gasteiger partial charge in [0.1, 0.15) is 0 Å². The zero-order valence-corrected chi connectivity index (χ0v) is 14.1. The third-order valence-electron chi connectivity index (χ3n) is 4.43. The summed E-state index contributed by atoms with van der Waals surface area (Å²) in [7, 11) is 3.23. The lowest BCUT2D eigenvalue weighted by Crippen LogP contribution is -2.40. The first kappa shape index (κ1) is 16.4. The van der Waals surface area contributed by atoms with Gasteiger partial charge in [-0.25, -0.2) is 4.98 Å². The smallest absolute Gasteiger partial charge is 0.220 e. The van der Waals surface area contributed by atoms with Gasteiger partial charge in [-0.2, -0.15) is 0 Å². The van der Waals surface area contributed by atoms with Crippen molar-refractivity contribution in [1.29, 1.82) is 0 Å². The summed E-state index contributed by atoms with van der Waals surface area (Å²) in [6, 6.07) is 5.96. The molecule has 6 nitrogen and oxygen atoms in total. The molecule has 1 aliphatic heterocycles. The first-order valence-corrected chi connectivity index (χ1v) is 8.19. The highest BCUT2D eigenvalue weighted by molar-refractivity contribution is 5.76. The van der Waals surface area contributed by atoms with Crippen molar-refractivity contribution in [3.8, 4) is 11.5 Å². The summed E-state index contributed by atoms with van der Waals surface area (Å²) >= 11 is 0. The van der Waals surface area contributed by atoms with Gasteiger partial charge < -0.3 is 19.4 Å². The lowest BCUT2D eigenvalue weighted by atomic mass is 10.0. The average Bonchev–Trinajstić information content (AvgIpc) is 3.07. The van der Waals surface area contributed by atoms with Crippen LogP contribution < -0.4 is 14.8 Å². The molecule has 0 aliphatic carbocycles. The minimum absolute atomic E-state index is 0.0859. The Kier molecular flexibility index (Phi) is 5.03. The van der Waals surface area contributed by atoms with Gasteiger partial charge in [-0.15, -0.1) is 0 Å². The molecule has 0 fully saturated rings. The number of ether oxygens (including phenoxy) is 2. The van der Waals surface area contributed by atoms with E-state index in [1.165, 1.54) is 5.69 Å². The molecule has 0 saturated heterocycles. The molecule has 1 aromatic heterocycles. The molecule has 0 spiro atoms. The molecule has 1 unspecified atom stereocenters. The van der Waals surface area contributed by atoms with Crippen molar-refractivity contribution in [3.05, 3.63) is 42.0 Å². The number of carbonyl (C=O) groups is 1. The number of hydrogen-bond donors (Lipinski definition) is 1. The van der Waals surface area contributed by atoms with Gasteiger partial charge in [0.15, 0.2) is 11.5 Å². The number of aromatic nitrogens is 2. The topological polar surface area (TPSA) is 65.4 Å². The summed E-state index contributed by atoms with van der Waals surface area (Å²) in [5, 5.41) is 3.13. The van der Waals surface area contributed by atoms with Crippen LogP contribution in [0.25, 0.3) is 0 Å². The Morgan fingerprint density at radius 3 is 2.96 bits per heavy atom. The first-order valence-electron chi connectivity index (χ1n) is 8.19. The number of hydrogen-bond acceptors (Lipinski definition) is 4. The number of amides is 1. The van der Waals surface area contributed by atoms with Crippen LogP contribution in [0.15, 0.2) is 30.7 Å². The van der Waals surface area contributed by atoms with Gasteiger partial charge >= 0.3 is 0 Å². The number of nitrogens with one attached hydrogen (secondary N) is 1. The molecule has 0 radical (unpaired) electrons. The fourth-order valence-corrected chi connectivity index (χ4v) is 3.09. The highest BCUT2D eigenvalue weighted by Crippen LogP contribution is 2.28. The van der Waals surface area contributed by atoms with E-state index in [-0.39, 0.29) is 11.9 Å². The Hall–Kier alpha value is -2.50. The van der Waals surface area contributed by atoms with Crippen LogP contribution in [0.5, 0.6) is 11.5 Å². The van der Waals surface area contributed by atoms with Crippen molar-refractivity contribution < 1.29 is 14.3 Å². The molecule has 1 amide bonds. The maximum atomic E-state index is 12.2. The van der Waals surface area contributed by atoms with E-state index < -0.39 is 0 Å². The summed E-state index contributed by atoms with van der Waals surface area (Å²) in [5.74, 6) is 1.48. The molecule has 1 aromatic carbocycles. The van der Waals surface area contributed by atoms with Gasteiger partial charge in [-0.1, -0.05) is 6.07 Å². The van der Waals surface area contributed by atoms with Gasteiger partial charge in [0.25, 0.3) is 0 Å². The van der Waals surface area contributed by atoms with Crippen LogP contribution in [0.3, 0.4) is 0 Å². The number of rotatable bonds is 6. The summed E-state index contributed by atoms with van der Waals surface area (Å²) in [4.78, 5) is 16.4. The third kappa shape index (κ3) is 3.69. The monoisotopic (exact) mass is 329 g/mol. The summed E-state index contributed by atoms with van der Waals surface area (Å²) < 4.78 is 12.7. The van der Waals surface area contributed by atoms with E-state index in [0.717, 1.165) is 24.9 Å². The van der Waals surface area contributed by atoms with Crippen molar-refractivity contribution in [1.82, 2.24) is 14.9 Å². The molecule has 1 N–H and O–H groups in total. The number of imidazole rings is 1. The molecule has 128 valence electrons. The van der Waals surface area contributed by atoms with Crippen LogP contribution in [0.1, 0.15) is 24.1 Å². The molecule has 6 heteroatoms. The van der Waals surface area contributed by atoms with Crippen molar-refractivity contribution in [3.63, 3.8) is 0 Å². The molecule has 2 aromatic rings. The largest absolute Gasteiger partial charge is 0.493 e. The third-order valence-corrected chi connectivity index (χ3v) is 4.43. The Labute approximate surface area is 141 Å². The Morgan fingerprint density at radius 1 is 1.33 bits per heavy atom. The normalized spacial score (nSPS) is 16.3. The van der Waals surface area contributed by atoms with Gasteiger partial charge in [0.05, 0.1) is 20.5 Å². The summed E-state index contributed by atoms with van der Waals surface area (Å²) in [6.07, 6.45) is 6.67. The van der Waals surface area contributed by atoms with Gasteiger partial charge in [-0.3, -0.25) is 4.79 Å². The highest BCUT2D eigenvalue weighted by atomic mass is 16.5. The second-order valence-electron chi connectivity index (χ2n) is 6.02. The fourth-order valence-electron chi connectivity index (χ4n) is 3.09. The number of carbonyl (C=O) groups excluding carboxylic acids is 1. The second kappa shape index (κ2) is 7.38. The standard InChI is InChI=1S/C18H23N3O3/c1-23-16-5-3-13(9-17(16)24-2)4-6-18(22)20-14-7-8-21-12-19-11-15(21)10-14/h3,5,9,11-12,14H,4,6-8,10H2,1-2H3,(H,20,22). The number of fused-ring (bicyclic) bond motifs is 1. The van der Waals surface area contributed by atoms with E-state index in [4.69, 9.17) is 9.47 Å². The lowest BCUT2D eigenvalue weighted by Gasteiger charge is -2.24. The SMILES string of the molecule is COc1ccc(CCC(=O)NC2CCn3cncc3C2)cc1OC. The molecule has 3 rings (SSSR count). The second-order valence-corrected chi connectivity index (χ2v) is 6.02. The van der Waals surface area contributed by atoms with E-state index in [9.17, 15) is 4.79 Å². The molecule has 2 heterocycles. The Balaban J connectivity index is 1.51. The van der Waals surface area contributed by atoms with E-state index in [0.29, 0.717) is 24.3 Å². The van der Waals surface area contributed by atoms with Crippen LogP contribution in [-0.4, -0.2) is 35.7 Å². The van der Waals surface area contributed by atoms with Crippen molar-refractivity contribution >= 4 is 5.91 Å². The molecule has 0 bridgehead atoms. The molecular weight excluding hydrogens is 306 g/mol. The Bertz CT molecular complexity index is 711.